The van der Waals surface area contributed by atoms with Crippen molar-refractivity contribution in [2.45, 2.75) is 45.6 Å². The summed E-state index contributed by atoms with van der Waals surface area (Å²) in [5.74, 6) is -1.88. The normalized spacial score (nSPS) is 17.2. The largest absolute Gasteiger partial charge is 0.464 e. The van der Waals surface area contributed by atoms with Gasteiger partial charge in [-0.15, -0.1) is 0 Å². The molecule has 2 atom stereocenters. The minimum atomic E-state index is -4.88. The van der Waals surface area contributed by atoms with Crippen LogP contribution in [-0.4, -0.2) is 31.0 Å². The molecule has 7 nitrogen and oxygen atoms in total. The summed E-state index contributed by atoms with van der Waals surface area (Å²) in [5.41, 5.74) is -0.256. The van der Waals surface area contributed by atoms with Gasteiger partial charge in [-0.05, 0) is 39.0 Å². The third-order valence-electron chi connectivity index (χ3n) is 6.39. The number of furan rings is 1. The van der Waals surface area contributed by atoms with E-state index in [9.17, 15) is 27.2 Å². The van der Waals surface area contributed by atoms with Crippen molar-refractivity contribution in [1.82, 2.24) is 19.0 Å². The number of carbonyl (C=O) groups excluding carboxylic acids is 1. The van der Waals surface area contributed by atoms with Crippen LogP contribution in [0.25, 0.3) is 16.7 Å². The molecule has 35 heavy (non-hydrogen) atoms. The van der Waals surface area contributed by atoms with Gasteiger partial charge in [-0.3, -0.25) is 9.59 Å². The summed E-state index contributed by atoms with van der Waals surface area (Å²) in [7, 11) is 0. The first-order valence-electron chi connectivity index (χ1n) is 10.8. The second kappa shape index (κ2) is 7.82. The highest BCUT2D eigenvalue weighted by Crippen LogP contribution is 2.38. The molecule has 5 rings (SSSR count). The Labute approximate surface area is 196 Å². The minimum absolute atomic E-state index is 0.0497. The van der Waals surface area contributed by atoms with Gasteiger partial charge in [0.15, 0.2) is 0 Å². The van der Waals surface area contributed by atoms with Crippen LogP contribution >= 0.6 is 0 Å². The van der Waals surface area contributed by atoms with E-state index < -0.39 is 35.5 Å². The average molecular weight is 488 g/mol. The van der Waals surface area contributed by atoms with Crippen molar-refractivity contribution >= 4 is 16.9 Å². The van der Waals surface area contributed by atoms with Crippen LogP contribution < -0.4 is 5.56 Å². The van der Waals surface area contributed by atoms with Gasteiger partial charge in [0.25, 0.3) is 11.5 Å². The van der Waals surface area contributed by atoms with Crippen LogP contribution in [-0.2, 0) is 12.7 Å². The molecule has 0 saturated carbocycles. The lowest BCUT2D eigenvalue weighted by Gasteiger charge is -2.39. The number of halogens is 4. The van der Waals surface area contributed by atoms with E-state index in [1.54, 1.807) is 37.6 Å². The Bertz CT molecular complexity index is 1530. The maximum Gasteiger partial charge on any atom is 0.419 e. The molecule has 1 aliphatic heterocycles. The predicted octanol–water partition coefficient (Wildman–Crippen LogP) is 4.85. The Morgan fingerprint density at radius 3 is 2.60 bits per heavy atom. The van der Waals surface area contributed by atoms with Crippen LogP contribution in [0.1, 0.15) is 47.2 Å². The van der Waals surface area contributed by atoms with E-state index in [-0.39, 0.29) is 28.8 Å². The molecule has 0 bridgehead atoms. The molecular formula is C24H20F4N4O3. The Morgan fingerprint density at radius 2 is 1.94 bits per heavy atom. The number of pyridine rings is 1. The minimum Gasteiger partial charge on any atom is -0.464 e. The molecule has 11 heteroatoms. The molecule has 1 amide bonds. The van der Waals surface area contributed by atoms with Crippen molar-refractivity contribution in [3.8, 4) is 5.69 Å². The number of benzene rings is 1. The van der Waals surface area contributed by atoms with Gasteiger partial charge in [0, 0.05) is 35.8 Å². The molecule has 0 spiro atoms. The number of hydrogen-bond acceptors (Lipinski definition) is 4. The number of amides is 1. The van der Waals surface area contributed by atoms with E-state index in [0.29, 0.717) is 23.4 Å². The summed E-state index contributed by atoms with van der Waals surface area (Å²) in [6.45, 7) is 5.39. The Kier molecular flexibility index (Phi) is 5.11. The Hall–Kier alpha value is -3.89. The topological polar surface area (TPSA) is 73.3 Å². The summed E-state index contributed by atoms with van der Waals surface area (Å²) in [6, 6.07) is 3.32. The van der Waals surface area contributed by atoms with Crippen LogP contribution in [0, 0.1) is 12.7 Å². The summed E-state index contributed by atoms with van der Waals surface area (Å²) in [4.78, 5) is 32.2. The van der Waals surface area contributed by atoms with Gasteiger partial charge < -0.3 is 18.5 Å². The van der Waals surface area contributed by atoms with Crippen molar-refractivity contribution < 1.29 is 26.8 Å². The lowest BCUT2D eigenvalue weighted by molar-refractivity contribution is -0.139. The smallest absolute Gasteiger partial charge is 0.419 e. The van der Waals surface area contributed by atoms with Gasteiger partial charge in [-0.1, -0.05) is 0 Å². The highest BCUT2D eigenvalue weighted by Gasteiger charge is 2.38. The average Bonchev–Trinajstić information content (AvgIpc) is 3.39. The van der Waals surface area contributed by atoms with E-state index in [2.05, 4.69) is 4.98 Å². The molecule has 0 aliphatic carbocycles. The Morgan fingerprint density at radius 1 is 1.20 bits per heavy atom. The Balaban J connectivity index is 1.55. The maximum absolute atomic E-state index is 14.0. The van der Waals surface area contributed by atoms with Crippen molar-refractivity contribution in [1.29, 1.82) is 0 Å². The fourth-order valence-corrected chi connectivity index (χ4v) is 4.69. The van der Waals surface area contributed by atoms with E-state index in [4.69, 9.17) is 4.42 Å². The van der Waals surface area contributed by atoms with Crippen LogP contribution in [0.4, 0.5) is 17.6 Å². The monoisotopic (exact) mass is 488 g/mol. The number of rotatable bonds is 3. The molecule has 2 unspecified atom stereocenters. The van der Waals surface area contributed by atoms with Gasteiger partial charge in [-0.2, -0.15) is 13.2 Å². The highest BCUT2D eigenvalue weighted by atomic mass is 19.4. The zero-order valence-corrected chi connectivity index (χ0v) is 18.9. The van der Waals surface area contributed by atoms with Gasteiger partial charge in [0.2, 0.25) is 0 Å². The van der Waals surface area contributed by atoms with Gasteiger partial charge in [0.05, 0.1) is 29.9 Å². The fourth-order valence-electron chi connectivity index (χ4n) is 4.69. The first-order chi connectivity index (χ1) is 16.5. The molecule has 0 N–H and O–H groups in total. The van der Waals surface area contributed by atoms with E-state index in [0.717, 1.165) is 5.69 Å². The van der Waals surface area contributed by atoms with Crippen LogP contribution in [0.15, 0.2) is 52.3 Å². The lowest BCUT2D eigenvalue weighted by atomic mass is 10.00. The van der Waals surface area contributed by atoms with E-state index in [1.807, 2.05) is 0 Å². The lowest BCUT2D eigenvalue weighted by Crippen LogP contribution is -2.50. The third-order valence-corrected chi connectivity index (χ3v) is 6.39. The number of fused-ring (bicyclic) bond motifs is 2. The number of aryl methyl sites for hydroxylation is 1. The first-order valence-corrected chi connectivity index (χ1v) is 10.8. The molecule has 1 aliphatic rings. The van der Waals surface area contributed by atoms with Crippen molar-refractivity contribution in [2.75, 3.05) is 0 Å². The SMILES string of the molecule is Cc1cn(-c2ccc3n(c2=O)CC(C)N(C(C)c2coc4cc(F)c(C(F)(F)F)cc24)C3=O)cn1. The summed E-state index contributed by atoms with van der Waals surface area (Å²) in [6.07, 6.45) is -0.422. The number of aromatic nitrogens is 3. The highest BCUT2D eigenvalue weighted by molar-refractivity contribution is 5.94. The molecule has 4 aromatic rings. The van der Waals surface area contributed by atoms with E-state index in [1.165, 1.54) is 28.1 Å². The molecule has 4 heterocycles. The van der Waals surface area contributed by atoms with Gasteiger partial charge in [-0.25, -0.2) is 9.37 Å². The predicted molar refractivity (Wildman–Crippen MR) is 118 cm³/mol. The first kappa shape index (κ1) is 22.9. The molecule has 0 fully saturated rings. The molecule has 182 valence electrons. The number of carbonyl (C=O) groups is 1. The molecule has 1 aromatic carbocycles. The van der Waals surface area contributed by atoms with E-state index >= 15 is 0 Å². The number of imidazole rings is 1. The second-order valence-corrected chi connectivity index (χ2v) is 8.70. The molecule has 0 radical (unpaired) electrons. The summed E-state index contributed by atoms with van der Waals surface area (Å²) in [5, 5.41) is 0.0695. The zero-order valence-electron chi connectivity index (χ0n) is 18.9. The zero-order chi connectivity index (χ0) is 25.2. The number of hydrogen-bond donors (Lipinski definition) is 0. The number of alkyl halides is 3. The fraction of sp³-hybridized carbons (Fsp3) is 0.292. The molecule has 3 aromatic heterocycles. The van der Waals surface area contributed by atoms with Crippen molar-refractivity contribution in [3.63, 3.8) is 0 Å². The summed E-state index contributed by atoms with van der Waals surface area (Å²) >= 11 is 0. The molecule has 0 saturated heterocycles. The quantitative estimate of drug-likeness (QED) is 0.387. The van der Waals surface area contributed by atoms with Gasteiger partial charge in [0.1, 0.15) is 22.8 Å². The summed E-state index contributed by atoms with van der Waals surface area (Å²) < 4.78 is 62.1. The second-order valence-electron chi connectivity index (χ2n) is 8.70. The molecular weight excluding hydrogens is 468 g/mol. The van der Waals surface area contributed by atoms with Crippen LogP contribution in [0.3, 0.4) is 0 Å². The standard InChI is InChI=1S/C24H20F4N4O3/c1-12-8-30(11-29-12)19-4-5-20-23(34)32(13(2)9-31(20)22(19)33)14(3)16-10-35-21-7-18(25)17(6-15(16)21)24(26,27)28/h4-8,10-11,13-14H,9H2,1-3H3. The van der Waals surface area contributed by atoms with Crippen LogP contribution in [0.5, 0.6) is 0 Å². The van der Waals surface area contributed by atoms with Gasteiger partial charge >= 0.3 is 6.18 Å². The third kappa shape index (κ3) is 3.62. The number of nitrogens with zero attached hydrogens (tertiary/aromatic N) is 4. The van der Waals surface area contributed by atoms with Crippen molar-refractivity contribution in [3.05, 3.63) is 81.7 Å². The van der Waals surface area contributed by atoms with Crippen LogP contribution in [0.2, 0.25) is 0 Å². The maximum atomic E-state index is 14.0. The van der Waals surface area contributed by atoms with Crippen molar-refractivity contribution in [2.24, 2.45) is 0 Å².